The minimum atomic E-state index is 0.281. The van der Waals surface area contributed by atoms with Crippen LogP contribution in [0.3, 0.4) is 0 Å². The number of hydrogen-bond acceptors (Lipinski definition) is 3. The molecule has 0 spiro atoms. The van der Waals surface area contributed by atoms with Gasteiger partial charge in [-0.1, -0.05) is 12.1 Å². The standard InChI is InChI=1S/C18H21NO2/c20-16-4-1-3-14(11-16)18-7-6-15(12-18)19(9-8-18)13-17-5-2-10-21-17/h1-5,10-11,15,20H,6-9,12-13H2. The van der Waals surface area contributed by atoms with Gasteiger partial charge < -0.3 is 9.52 Å². The third-order valence-electron chi connectivity index (χ3n) is 5.37. The minimum absolute atomic E-state index is 0.281. The zero-order valence-electron chi connectivity index (χ0n) is 12.2. The van der Waals surface area contributed by atoms with Gasteiger partial charge in [0.1, 0.15) is 11.5 Å². The average molecular weight is 283 g/mol. The van der Waals surface area contributed by atoms with Crippen LogP contribution in [0.15, 0.2) is 47.1 Å². The summed E-state index contributed by atoms with van der Waals surface area (Å²) in [5.41, 5.74) is 1.60. The van der Waals surface area contributed by atoms with E-state index in [0.717, 1.165) is 18.8 Å². The normalized spacial score (nSPS) is 28.9. The number of phenols is 1. The molecule has 2 atom stereocenters. The lowest BCUT2D eigenvalue weighted by atomic mass is 9.74. The highest BCUT2D eigenvalue weighted by atomic mass is 16.3. The molecule has 1 aliphatic carbocycles. The van der Waals surface area contributed by atoms with E-state index in [4.69, 9.17) is 4.42 Å². The summed E-state index contributed by atoms with van der Waals surface area (Å²) in [7, 11) is 0. The summed E-state index contributed by atoms with van der Waals surface area (Å²) < 4.78 is 5.49. The van der Waals surface area contributed by atoms with Crippen LogP contribution in [0, 0.1) is 0 Å². The first-order valence-corrected chi connectivity index (χ1v) is 7.81. The van der Waals surface area contributed by atoms with E-state index in [1.54, 1.807) is 12.3 Å². The Labute approximate surface area is 125 Å². The van der Waals surface area contributed by atoms with Gasteiger partial charge in [0.15, 0.2) is 0 Å². The fourth-order valence-electron chi connectivity index (χ4n) is 4.23. The topological polar surface area (TPSA) is 36.6 Å². The van der Waals surface area contributed by atoms with Crippen molar-refractivity contribution in [1.82, 2.24) is 4.90 Å². The van der Waals surface area contributed by atoms with Crippen molar-refractivity contribution in [2.24, 2.45) is 0 Å². The summed E-state index contributed by atoms with van der Waals surface area (Å²) in [6.45, 7) is 2.04. The van der Waals surface area contributed by atoms with Crippen molar-refractivity contribution in [2.45, 2.75) is 43.7 Å². The van der Waals surface area contributed by atoms with Gasteiger partial charge in [-0.3, -0.25) is 4.90 Å². The van der Waals surface area contributed by atoms with Gasteiger partial charge >= 0.3 is 0 Å². The number of fused-ring (bicyclic) bond motifs is 2. The Kier molecular flexibility index (Phi) is 3.03. The summed E-state index contributed by atoms with van der Waals surface area (Å²) in [5, 5.41) is 9.77. The molecule has 2 heterocycles. The van der Waals surface area contributed by atoms with Gasteiger partial charge in [-0.25, -0.2) is 0 Å². The number of benzene rings is 1. The second-order valence-corrected chi connectivity index (χ2v) is 6.53. The van der Waals surface area contributed by atoms with E-state index >= 15 is 0 Å². The maximum atomic E-state index is 9.77. The lowest BCUT2D eigenvalue weighted by Gasteiger charge is -2.40. The lowest BCUT2D eigenvalue weighted by molar-refractivity contribution is 0.124. The van der Waals surface area contributed by atoms with Gasteiger partial charge in [0, 0.05) is 6.04 Å². The second kappa shape index (κ2) is 4.92. The van der Waals surface area contributed by atoms with Crippen molar-refractivity contribution < 1.29 is 9.52 Å². The Morgan fingerprint density at radius 1 is 1.24 bits per heavy atom. The van der Waals surface area contributed by atoms with Crippen LogP contribution in [-0.2, 0) is 12.0 Å². The highest BCUT2D eigenvalue weighted by Crippen LogP contribution is 2.49. The quantitative estimate of drug-likeness (QED) is 0.933. The minimum Gasteiger partial charge on any atom is -0.508 e. The lowest BCUT2D eigenvalue weighted by Crippen LogP contribution is -2.42. The molecule has 2 aliphatic rings. The Balaban J connectivity index is 1.53. The monoisotopic (exact) mass is 283 g/mol. The van der Waals surface area contributed by atoms with Crippen LogP contribution in [0.2, 0.25) is 0 Å². The molecule has 1 N–H and O–H groups in total. The fraction of sp³-hybridized carbons (Fsp3) is 0.444. The molecule has 2 fully saturated rings. The van der Waals surface area contributed by atoms with E-state index in [9.17, 15) is 5.11 Å². The second-order valence-electron chi connectivity index (χ2n) is 6.53. The molecule has 4 rings (SSSR count). The zero-order chi connectivity index (χ0) is 14.3. The first-order valence-electron chi connectivity index (χ1n) is 7.81. The van der Waals surface area contributed by atoms with Crippen molar-refractivity contribution in [3.8, 4) is 5.75 Å². The SMILES string of the molecule is Oc1cccc(C23CCC(C2)N(Cc2ccco2)CC3)c1. The Morgan fingerprint density at radius 3 is 3.00 bits per heavy atom. The molecular weight excluding hydrogens is 262 g/mol. The molecule has 2 bridgehead atoms. The van der Waals surface area contributed by atoms with E-state index in [1.807, 2.05) is 18.2 Å². The summed E-state index contributed by atoms with van der Waals surface area (Å²) in [5.74, 6) is 1.45. The average Bonchev–Trinajstić information content (AvgIpc) is 3.11. The van der Waals surface area contributed by atoms with E-state index in [-0.39, 0.29) is 5.41 Å². The number of rotatable bonds is 3. The van der Waals surface area contributed by atoms with Crippen molar-refractivity contribution in [1.29, 1.82) is 0 Å². The molecule has 2 aromatic rings. The van der Waals surface area contributed by atoms with Crippen LogP contribution in [0.1, 0.15) is 37.0 Å². The number of furan rings is 1. The third kappa shape index (κ3) is 2.26. The molecule has 110 valence electrons. The highest BCUT2D eigenvalue weighted by Gasteiger charge is 2.46. The molecule has 1 aliphatic heterocycles. The van der Waals surface area contributed by atoms with Crippen LogP contribution >= 0.6 is 0 Å². The number of hydrogen-bond donors (Lipinski definition) is 1. The van der Waals surface area contributed by atoms with Crippen molar-refractivity contribution >= 4 is 0 Å². The molecule has 0 amide bonds. The van der Waals surface area contributed by atoms with E-state index in [1.165, 1.54) is 31.2 Å². The van der Waals surface area contributed by atoms with Crippen LogP contribution in [-0.4, -0.2) is 22.6 Å². The Bertz CT molecular complexity index is 622. The number of nitrogens with zero attached hydrogens (tertiary/aromatic N) is 1. The van der Waals surface area contributed by atoms with Gasteiger partial charge in [0.25, 0.3) is 0 Å². The van der Waals surface area contributed by atoms with Crippen LogP contribution in [0.4, 0.5) is 0 Å². The zero-order valence-corrected chi connectivity index (χ0v) is 12.2. The molecule has 3 nitrogen and oxygen atoms in total. The van der Waals surface area contributed by atoms with Gasteiger partial charge in [0.2, 0.25) is 0 Å². The maximum absolute atomic E-state index is 9.77. The van der Waals surface area contributed by atoms with E-state index in [0.29, 0.717) is 11.8 Å². The van der Waals surface area contributed by atoms with Crippen LogP contribution in [0.25, 0.3) is 0 Å². The summed E-state index contributed by atoms with van der Waals surface area (Å²) in [6.07, 6.45) is 6.61. The maximum Gasteiger partial charge on any atom is 0.117 e. The Hall–Kier alpha value is -1.74. The molecule has 21 heavy (non-hydrogen) atoms. The van der Waals surface area contributed by atoms with Crippen LogP contribution < -0.4 is 0 Å². The van der Waals surface area contributed by atoms with E-state index < -0.39 is 0 Å². The fourth-order valence-corrected chi connectivity index (χ4v) is 4.23. The number of aromatic hydroxyl groups is 1. The molecule has 1 saturated heterocycles. The largest absolute Gasteiger partial charge is 0.508 e. The van der Waals surface area contributed by atoms with Gasteiger partial charge in [-0.2, -0.15) is 0 Å². The van der Waals surface area contributed by atoms with Gasteiger partial charge in [0.05, 0.1) is 12.8 Å². The van der Waals surface area contributed by atoms with Crippen molar-refractivity contribution in [3.63, 3.8) is 0 Å². The third-order valence-corrected chi connectivity index (χ3v) is 5.37. The summed E-state index contributed by atoms with van der Waals surface area (Å²) in [6, 6.07) is 12.6. The van der Waals surface area contributed by atoms with Crippen molar-refractivity contribution in [3.05, 3.63) is 54.0 Å². The molecule has 2 unspecified atom stereocenters. The highest BCUT2D eigenvalue weighted by molar-refractivity contribution is 5.35. The molecule has 3 heteroatoms. The first-order chi connectivity index (χ1) is 10.3. The molecule has 1 saturated carbocycles. The summed E-state index contributed by atoms with van der Waals surface area (Å²) in [4.78, 5) is 2.56. The predicted molar refractivity (Wildman–Crippen MR) is 81.2 cm³/mol. The summed E-state index contributed by atoms with van der Waals surface area (Å²) >= 11 is 0. The molecular formula is C18H21NO2. The van der Waals surface area contributed by atoms with Crippen LogP contribution in [0.5, 0.6) is 5.75 Å². The molecule has 1 aromatic heterocycles. The van der Waals surface area contributed by atoms with Crippen molar-refractivity contribution in [2.75, 3.05) is 6.54 Å². The van der Waals surface area contributed by atoms with E-state index in [2.05, 4.69) is 17.0 Å². The number of piperidine rings is 1. The number of likely N-dealkylation sites (tertiary alicyclic amines) is 1. The smallest absolute Gasteiger partial charge is 0.117 e. The molecule has 1 aromatic carbocycles. The number of phenolic OH excluding ortho intramolecular Hbond substituents is 1. The first kappa shape index (κ1) is 13.0. The Morgan fingerprint density at radius 2 is 2.19 bits per heavy atom. The van der Waals surface area contributed by atoms with Gasteiger partial charge in [-0.05, 0) is 67.5 Å². The molecule has 0 radical (unpaired) electrons. The van der Waals surface area contributed by atoms with Gasteiger partial charge in [-0.15, -0.1) is 0 Å². The predicted octanol–water partition coefficient (Wildman–Crippen LogP) is 3.68.